The van der Waals surface area contributed by atoms with Crippen LogP contribution < -0.4 is 5.73 Å². The van der Waals surface area contributed by atoms with E-state index in [2.05, 4.69) is 26.0 Å². The molecule has 0 spiro atoms. The molecule has 1 aromatic rings. The second-order valence-electron chi connectivity index (χ2n) is 6.54. The zero-order valence-electron chi connectivity index (χ0n) is 13.5. The number of carbonyl (C=O) groups excluding carboxylic acids is 1. The number of rotatable bonds is 4. The molecule has 0 saturated heterocycles. The van der Waals surface area contributed by atoms with Gasteiger partial charge in [-0.1, -0.05) is 38.8 Å². The van der Waals surface area contributed by atoms with E-state index in [1.165, 1.54) is 18.4 Å². The molecule has 1 aliphatic rings. The van der Waals surface area contributed by atoms with Gasteiger partial charge in [0.15, 0.2) is 0 Å². The monoisotopic (exact) mass is 288 g/mol. The predicted octanol–water partition coefficient (Wildman–Crippen LogP) is 3.40. The summed E-state index contributed by atoms with van der Waals surface area (Å²) in [5, 5.41) is 0. The molecule has 2 rings (SSSR count). The Morgan fingerprint density at radius 2 is 1.86 bits per heavy atom. The minimum Gasteiger partial charge on any atom is -0.338 e. The highest BCUT2D eigenvalue weighted by atomic mass is 16.2. The molecule has 0 radical (unpaired) electrons. The molecule has 3 nitrogen and oxygen atoms in total. The third kappa shape index (κ3) is 3.65. The van der Waals surface area contributed by atoms with Crippen molar-refractivity contribution in [2.75, 3.05) is 13.6 Å². The average molecular weight is 288 g/mol. The van der Waals surface area contributed by atoms with Gasteiger partial charge < -0.3 is 10.6 Å². The van der Waals surface area contributed by atoms with Gasteiger partial charge in [-0.15, -0.1) is 0 Å². The second kappa shape index (κ2) is 7.08. The van der Waals surface area contributed by atoms with Crippen LogP contribution in [0.5, 0.6) is 0 Å². The number of benzene rings is 1. The summed E-state index contributed by atoms with van der Waals surface area (Å²) < 4.78 is 0. The van der Waals surface area contributed by atoms with Crippen LogP contribution in [0.2, 0.25) is 0 Å². The minimum absolute atomic E-state index is 0.121. The molecule has 2 unspecified atom stereocenters. The minimum atomic E-state index is 0.121. The number of carbonyl (C=O) groups is 1. The molecule has 1 aliphatic carbocycles. The number of amides is 1. The van der Waals surface area contributed by atoms with E-state index in [-0.39, 0.29) is 5.91 Å². The van der Waals surface area contributed by atoms with Crippen molar-refractivity contribution in [1.29, 1.82) is 0 Å². The Kier molecular flexibility index (Phi) is 5.40. The van der Waals surface area contributed by atoms with Crippen molar-refractivity contribution < 1.29 is 4.79 Å². The van der Waals surface area contributed by atoms with E-state index >= 15 is 0 Å². The summed E-state index contributed by atoms with van der Waals surface area (Å²) >= 11 is 0. The first kappa shape index (κ1) is 16.0. The molecule has 21 heavy (non-hydrogen) atoms. The zero-order chi connectivity index (χ0) is 15.4. The van der Waals surface area contributed by atoms with E-state index in [4.69, 9.17) is 5.73 Å². The summed E-state index contributed by atoms with van der Waals surface area (Å²) in [5.74, 6) is 1.06. The predicted molar refractivity (Wildman–Crippen MR) is 87.4 cm³/mol. The van der Waals surface area contributed by atoms with Crippen LogP contribution in [0.25, 0.3) is 0 Å². The molecule has 116 valence electrons. The van der Waals surface area contributed by atoms with Gasteiger partial charge in [-0.05, 0) is 48.9 Å². The first-order valence-corrected chi connectivity index (χ1v) is 8.11. The number of nitrogens with two attached hydrogens (primary N) is 1. The Morgan fingerprint density at radius 3 is 2.43 bits per heavy atom. The van der Waals surface area contributed by atoms with Gasteiger partial charge in [-0.25, -0.2) is 0 Å². The SMILES string of the molecule is CC(C)c1ccc(C(=O)N(C)C2CCCCC2CN)cc1. The lowest BCUT2D eigenvalue weighted by atomic mass is 9.83. The Hall–Kier alpha value is -1.35. The number of hydrogen-bond donors (Lipinski definition) is 1. The largest absolute Gasteiger partial charge is 0.338 e. The van der Waals surface area contributed by atoms with E-state index in [9.17, 15) is 4.79 Å². The van der Waals surface area contributed by atoms with Gasteiger partial charge in [0.2, 0.25) is 0 Å². The van der Waals surface area contributed by atoms with Crippen molar-refractivity contribution >= 4 is 5.91 Å². The van der Waals surface area contributed by atoms with Gasteiger partial charge in [0.25, 0.3) is 5.91 Å². The highest BCUT2D eigenvalue weighted by Gasteiger charge is 2.30. The molecule has 0 bridgehead atoms. The molecule has 1 aromatic carbocycles. The highest BCUT2D eigenvalue weighted by molar-refractivity contribution is 5.94. The first-order chi connectivity index (χ1) is 10.0. The van der Waals surface area contributed by atoms with Crippen molar-refractivity contribution in [2.24, 2.45) is 11.7 Å². The lowest BCUT2D eigenvalue weighted by Crippen LogP contribution is -2.45. The summed E-state index contributed by atoms with van der Waals surface area (Å²) in [6.45, 7) is 5.00. The maximum absolute atomic E-state index is 12.7. The molecule has 1 amide bonds. The smallest absolute Gasteiger partial charge is 0.253 e. The van der Waals surface area contributed by atoms with E-state index in [0.29, 0.717) is 24.4 Å². The zero-order valence-corrected chi connectivity index (χ0v) is 13.5. The average Bonchev–Trinajstić information content (AvgIpc) is 2.53. The lowest BCUT2D eigenvalue weighted by molar-refractivity contribution is 0.0620. The van der Waals surface area contributed by atoms with Gasteiger partial charge in [-0.3, -0.25) is 4.79 Å². The fraction of sp³-hybridized carbons (Fsp3) is 0.611. The van der Waals surface area contributed by atoms with Crippen LogP contribution in [0, 0.1) is 5.92 Å². The van der Waals surface area contributed by atoms with Crippen LogP contribution in [0.4, 0.5) is 0 Å². The molecule has 0 aliphatic heterocycles. The quantitative estimate of drug-likeness (QED) is 0.923. The first-order valence-electron chi connectivity index (χ1n) is 8.11. The van der Waals surface area contributed by atoms with Crippen molar-refractivity contribution in [1.82, 2.24) is 4.90 Å². The fourth-order valence-electron chi connectivity index (χ4n) is 3.34. The maximum atomic E-state index is 12.7. The fourth-order valence-corrected chi connectivity index (χ4v) is 3.34. The number of nitrogens with zero attached hydrogens (tertiary/aromatic N) is 1. The molecule has 3 heteroatoms. The molecule has 1 fully saturated rings. The van der Waals surface area contributed by atoms with Gasteiger partial charge in [0.1, 0.15) is 0 Å². The van der Waals surface area contributed by atoms with Crippen LogP contribution >= 0.6 is 0 Å². The standard InChI is InChI=1S/C18H28N2O/c1-13(2)14-8-10-15(11-9-14)18(21)20(3)17-7-5-4-6-16(17)12-19/h8-11,13,16-17H,4-7,12,19H2,1-3H3. The normalized spacial score (nSPS) is 22.3. The summed E-state index contributed by atoms with van der Waals surface area (Å²) in [7, 11) is 1.93. The van der Waals surface area contributed by atoms with Crippen LogP contribution in [-0.2, 0) is 0 Å². The molecule has 2 atom stereocenters. The number of hydrogen-bond acceptors (Lipinski definition) is 2. The van der Waals surface area contributed by atoms with Crippen LogP contribution in [0.1, 0.15) is 61.4 Å². The van der Waals surface area contributed by atoms with Crippen molar-refractivity contribution in [2.45, 2.75) is 51.5 Å². The lowest BCUT2D eigenvalue weighted by Gasteiger charge is -2.37. The highest BCUT2D eigenvalue weighted by Crippen LogP contribution is 2.28. The Labute approximate surface area is 128 Å². The summed E-state index contributed by atoms with van der Waals surface area (Å²) in [6.07, 6.45) is 4.66. The van der Waals surface area contributed by atoms with E-state index in [1.54, 1.807) is 0 Å². The van der Waals surface area contributed by atoms with Crippen LogP contribution in [0.15, 0.2) is 24.3 Å². The van der Waals surface area contributed by atoms with Crippen molar-refractivity contribution in [3.8, 4) is 0 Å². The van der Waals surface area contributed by atoms with Crippen LogP contribution in [0.3, 0.4) is 0 Å². The molecule has 0 heterocycles. The summed E-state index contributed by atoms with van der Waals surface area (Å²) in [6, 6.07) is 8.32. The maximum Gasteiger partial charge on any atom is 0.253 e. The van der Waals surface area contributed by atoms with E-state index < -0.39 is 0 Å². The van der Waals surface area contributed by atoms with E-state index in [1.807, 2.05) is 24.1 Å². The third-order valence-corrected chi connectivity index (χ3v) is 4.81. The van der Waals surface area contributed by atoms with Gasteiger partial charge in [0, 0.05) is 18.7 Å². The topological polar surface area (TPSA) is 46.3 Å². The van der Waals surface area contributed by atoms with Crippen LogP contribution in [-0.4, -0.2) is 30.4 Å². The van der Waals surface area contributed by atoms with Gasteiger partial charge >= 0.3 is 0 Å². The second-order valence-corrected chi connectivity index (χ2v) is 6.54. The molecule has 2 N–H and O–H groups in total. The van der Waals surface area contributed by atoms with Gasteiger partial charge in [0.05, 0.1) is 0 Å². The van der Waals surface area contributed by atoms with Crippen molar-refractivity contribution in [3.05, 3.63) is 35.4 Å². The Balaban J connectivity index is 2.10. The molecular weight excluding hydrogens is 260 g/mol. The molecule has 1 saturated carbocycles. The Bertz CT molecular complexity index is 467. The molecule has 0 aromatic heterocycles. The molecular formula is C18H28N2O. The third-order valence-electron chi connectivity index (χ3n) is 4.81. The summed E-state index contributed by atoms with van der Waals surface area (Å²) in [5.41, 5.74) is 7.94. The summed E-state index contributed by atoms with van der Waals surface area (Å²) in [4.78, 5) is 14.6. The Morgan fingerprint density at radius 1 is 1.24 bits per heavy atom. The van der Waals surface area contributed by atoms with Crippen molar-refractivity contribution in [3.63, 3.8) is 0 Å². The van der Waals surface area contributed by atoms with E-state index in [0.717, 1.165) is 18.4 Å². The van der Waals surface area contributed by atoms with Gasteiger partial charge in [-0.2, -0.15) is 0 Å².